The Bertz CT molecular complexity index is 1500. The van der Waals surface area contributed by atoms with Crippen LogP contribution in [0.25, 0.3) is 0 Å². The smallest absolute Gasteiger partial charge is 0.407 e. The van der Waals surface area contributed by atoms with E-state index in [9.17, 15) is 23.4 Å². The molecule has 0 radical (unpaired) electrons. The fourth-order valence-electron chi connectivity index (χ4n) is 7.89. The summed E-state index contributed by atoms with van der Waals surface area (Å²) in [7, 11) is -4.10. The lowest BCUT2D eigenvalue weighted by molar-refractivity contribution is -0.170. The van der Waals surface area contributed by atoms with Crippen molar-refractivity contribution in [3.8, 4) is 0 Å². The Morgan fingerprint density at radius 1 is 1.08 bits per heavy atom. The van der Waals surface area contributed by atoms with Crippen molar-refractivity contribution in [3.63, 3.8) is 0 Å². The van der Waals surface area contributed by atoms with Gasteiger partial charge in [0.1, 0.15) is 6.10 Å². The zero-order valence-corrected chi connectivity index (χ0v) is 28.8. The average molecular weight is 687 g/mol. The summed E-state index contributed by atoms with van der Waals surface area (Å²) in [6, 6.07) is 13.5. The molecule has 2 aromatic rings. The summed E-state index contributed by atoms with van der Waals surface area (Å²) >= 11 is 0. The summed E-state index contributed by atoms with van der Waals surface area (Å²) < 4.78 is 53.8. The minimum Gasteiger partial charge on any atom is -0.445 e. The number of rotatable bonds is 8. The molecular formula is C36H50N2O9S. The van der Waals surface area contributed by atoms with Gasteiger partial charge in [0.05, 0.1) is 43.0 Å². The molecule has 6 rings (SSSR count). The third-order valence-corrected chi connectivity index (χ3v) is 12.6. The highest BCUT2D eigenvalue weighted by molar-refractivity contribution is 7.89. The monoisotopic (exact) mass is 686 g/mol. The molecule has 3 heterocycles. The molecule has 3 N–H and O–H groups in total. The predicted molar refractivity (Wildman–Crippen MR) is 177 cm³/mol. The number of aliphatic hydroxyl groups excluding tert-OH is 2. The molecule has 2 aromatic carbocycles. The van der Waals surface area contributed by atoms with Crippen LogP contribution in [-0.4, -0.2) is 86.5 Å². The maximum Gasteiger partial charge on any atom is 0.407 e. The lowest BCUT2D eigenvalue weighted by Gasteiger charge is -2.33. The van der Waals surface area contributed by atoms with E-state index in [1.54, 1.807) is 19.1 Å². The molecule has 2 bridgehead atoms. The molecule has 3 aliphatic heterocycles. The number of ether oxygens (including phenoxy) is 4. The van der Waals surface area contributed by atoms with Gasteiger partial charge in [-0.1, -0.05) is 62.6 Å². The van der Waals surface area contributed by atoms with E-state index in [4.69, 9.17) is 18.9 Å². The molecule has 48 heavy (non-hydrogen) atoms. The van der Waals surface area contributed by atoms with E-state index in [0.717, 1.165) is 37.7 Å². The largest absolute Gasteiger partial charge is 0.445 e. The van der Waals surface area contributed by atoms with E-state index in [1.807, 2.05) is 30.3 Å². The first-order valence-electron chi connectivity index (χ1n) is 17.4. The first-order chi connectivity index (χ1) is 23.1. The van der Waals surface area contributed by atoms with E-state index in [2.05, 4.69) is 12.2 Å². The molecule has 2 saturated heterocycles. The number of β-amino-alcohol motifs (C(OH)–C–C–N with tert-alkyl or cyclic N) is 1. The van der Waals surface area contributed by atoms with Gasteiger partial charge < -0.3 is 34.5 Å². The van der Waals surface area contributed by atoms with Crippen LogP contribution in [0.2, 0.25) is 0 Å². The number of sulfonamides is 1. The number of carbonyl (C=O) groups excluding carboxylic acids is 1. The van der Waals surface area contributed by atoms with Crippen molar-refractivity contribution in [2.75, 3.05) is 32.9 Å². The summed E-state index contributed by atoms with van der Waals surface area (Å²) in [6.45, 7) is 5.22. The van der Waals surface area contributed by atoms with E-state index in [-0.39, 0.29) is 54.6 Å². The van der Waals surface area contributed by atoms with Gasteiger partial charge in [-0.3, -0.25) is 0 Å². The Hall–Kier alpha value is -2.58. The second-order valence-corrected chi connectivity index (χ2v) is 16.1. The quantitative estimate of drug-likeness (QED) is 0.370. The van der Waals surface area contributed by atoms with E-state index < -0.39 is 40.5 Å². The minimum absolute atomic E-state index is 0.0680. The standard InChI is InChI=1S/C36H50N2O9S/c1-24(39)26-13-14-32-27(18-26)21-44-16-10-5-3-4-9-15-38(48(32,42)43)20-31(40)30(17-25-11-7-6-8-12-25)37-35(41)47-33-28-19-29-34(45-22-28)46-23-36(29,33)2/h6-8,11-14,18,24,28-31,33-34,39-40H,3-5,9-10,15-17,19-23H2,1-2H3,(H,37,41)/t24-,28?,29?,30-,31+,33-,34-,36?/m0/s1. The number of alkyl carbamates (subject to hydrolysis) is 1. The molecular weight excluding hydrogens is 636 g/mol. The summed E-state index contributed by atoms with van der Waals surface area (Å²) in [4.78, 5) is 13.7. The highest BCUT2D eigenvalue weighted by Gasteiger charge is 2.63. The van der Waals surface area contributed by atoms with Crippen molar-refractivity contribution in [2.45, 2.75) is 101 Å². The van der Waals surface area contributed by atoms with Gasteiger partial charge >= 0.3 is 6.09 Å². The van der Waals surface area contributed by atoms with Crippen LogP contribution in [0.5, 0.6) is 0 Å². The van der Waals surface area contributed by atoms with Crippen molar-refractivity contribution >= 4 is 16.1 Å². The van der Waals surface area contributed by atoms with Crippen LogP contribution in [0.15, 0.2) is 53.4 Å². The first-order valence-corrected chi connectivity index (χ1v) is 18.8. The van der Waals surface area contributed by atoms with Crippen LogP contribution in [0.1, 0.15) is 75.2 Å². The first kappa shape index (κ1) is 35.3. The normalized spacial score (nSPS) is 30.9. The van der Waals surface area contributed by atoms with E-state index in [0.29, 0.717) is 37.4 Å². The fraction of sp³-hybridized carbons (Fsp3) is 0.639. The van der Waals surface area contributed by atoms with Crippen molar-refractivity contribution in [3.05, 3.63) is 65.2 Å². The number of aliphatic hydroxyl groups is 2. The Morgan fingerprint density at radius 2 is 1.85 bits per heavy atom. The molecule has 264 valence electrons. The van der Waals surface area contributed by atoms with Gasteiger partial charge in [-0.2, -0.15) is 4.31 Å². The third-order valence-electron chi connectivity index (χ3n) is 10.7. The Morgan fingerprint density at radius 3 is 2.65 bits per heavy atom. The predicted octanol–water partition coefficient (Wildman–Crippen LogP) is 4.31. The zero-order valence-electron chi connectivity index (χ0n) is 28.0. The van der Waals surface area contributed by atoms with Gasteiger partial charge in [0.25, 0.3) is 0 Å². The number of hydrogen-bond acceptors (Lipinski definition) is 9. The topological polar surface area (TPSA) is 144 Å². The fourth-order valence-corrected chi connectivity index (χ4v) is 9.58. The number of fused-ring (bicyclic) bond motifs is 2. The Kier molecular flexibility index (Phi) is 11.1. The number of nitrogens with one attached hydrogen (secondary N) is 1. The average Bonchev–Trinajstić information content (AvgIpc) is 3.51. The lowest BCUT2D eigenvalue weighted by atomic mass is 9.80. The minimum atomic E-state index is -4.10. The molecule has 1 saturated carbocycles. The Labute approximate surface area is 283 Å². The van der Waals surface area contributed by atoms with Crippen LogP contribution < -0.4 is 5.32 Å². The van der Waals surface area contributed by atoms with Crippen molar-refractivity contribution in [2.24, 2.45) is 17.3 Å². The SMILES string of the molecule is C[C@H](O)c1ccc2c(c1)COCCCCCCCN(C[C@@H](O)[C@H](Cc1ccccc1)NC(=O)O[C@H]1C3CO[C@H]4OCC1(C)C4C3)S2(=O)=O. The molecule has 8 atom stereocenters. The van der Waals surface area contributed by atoms with Crippen molar-refractivity contribution < 1.29 is 42.4 Å². The summed E-state index contributed by atoms with van der Waals surface area (Å²) in [5.74, 6) is 0.228. The maximum atomic E-state index is 14.4. The number of amides is 1. The highest BCUT2D eigenvalue weighted by atomic mass is 32.2. The van der Waals surface area contributed by atoms with Gasteiger partial charge in [-0.15, -0.1) is 0 Å². The molecule has 11 nitrogen and oxygen atoms in total. The van der Waals surface area contributed by atoms with Crippen LogP contribution in [-0.2, 0) is 42.0 Å². The summed E-state index contributed by atoms with van der Waals surface area (Å²) in [6.07, 6.45) is 2.07. The molecule has 0 spiro atoms. The molecule has 1 aliphatic carbocycles. The maximum absolute atomic E-state index is 14.4. The number of nitrogens with zero attached hydrogens (tertiary/aromatic N) is 1. The van der Waals surface area contributed by atoms with E-state index >= 15 is 0 Å². The van der Waals surface area contributed by atoms with Crippen molar-refractivity contribution in [1.29, 1.82) is 0 Å². The number of hydrogen-bond donors (Lipinski definition) is 3. The molecule has 1 amide bonds. The summed E-state index contributed by atoms with van der Waals surface area (Å²) in [5, 5.41) is 24.9. The summed E-state index contributed by atoms with van der Waals surface area (Å²) in [5.41, 5.74) is 1.59. The van der Waals surface area contributed by atoms with Gasteiger partial charge in [-0.25, -0.2) is 13.2 Å². The van der Waals surface area contributed by atoms with Gasteiger partial charge in [0, 0.05) is 36.9 Å². The van der Waals surface area contributed by atoms with Crippen LogP contribution in [0.3, 0.4) is 0 Å². The van der Waals surface area contributed by atoms with Crippen LogP contribution in [0.4, 0.5) is 4.79 Å². The second-order valence-electron chi connectivity index (χ2n) is 14.2. The van der Waals surface area contributed by atoms with Crippen LogP contribution >= 0.6 is 0 Å². The highest BCUT2D eigenvalue weighted by Crippen LogP contribution is 2.57. The van der Waals surface area contributed by atoms with Gasteiger partial charge in [0.15, 0.2) is 6.29 Å². The molecule has 4 aliphatic rings. The molecule has 12 heteroatoms. The van der Waals surface area contributed by atoms with Crippen molar-refractivity contribution in [1.82, 2.24) is 9.62 Å². The molecule has 0 aromatic heterocycles. The van der Waals surface area contributed by atoms with E-state index in [1.165, 1.54) is 10.4 Å². The Balaban J connectivity index is 1.24. The number of benzene rings is 2. The lowest BCUT2D eigenvalue weighted by Crippen LogP contribution is -2.52. The van der Waals surface area contributed by atoms with Gasteiger partial charge in [-0.05, 0) is 61.4 Å². The second kappa shape index (κ2) is 15.1. The zero-order chi connectivity index (χ0) is 33.9. The molecule has 3 unspecified atom stereocenters. The van der Waals surface area contributed by atoms with Gasteiger partial charge in [0.2, 0.25) is 10.0 Å². The number of carbonyl (C=O) groups is 1. The molecule has 3 fully saturated rings. The third kappa shape index (κ3) is 7.60. The van der Waals surface area contributed by atoms with Crippen LogP contribution in [0, 0.1) is 17.3 Å².